The topological polar surface area (TPSA) is 43.1 Å². The molecule has 0 radical (unpaired) electrons. The lowest BCUT2D eigenvalue weighted by Gasteiger charge is -2.05. The van der Waals surface area contributed by atoms with E-state index in [0.29, 0.717) is 16.3 Å². The number of benzene rings is 2. The molecule has 0 aromatic heterocycles. The maximum Gasteiger partial charge on any atom is 0.0620 e. The second-order valence-corrected chi connectivity index (χ2v) is 5.99. The van der Waals surface area contributed by atoms with Crippen molar-refractivity contribution < 1.29 is 4.21 Å². The van der Waals surface area contributed by atoms with Gasteiger partial charge in [-0.1, -0.05) is 40.2 Å². The van der Waals surface area contributed by atoms with Crippen molar-refractivity contribution in [1.29, 1.82) is 0 Å². The van der Waals surface area contributed by atoms with Crippen molar-refractivity contribution in [2.45, 2.75) is 10.6 Å². The molecule has 0 saturated carbocycles. The van der Waals surface area contributed by atoms with Gasteiger partial charge in [0.2, 0.25) is 0 Å². The summed E-state index contributed by atoms with van der Waals surface area (Å²) in [5.41, 5.74) is 7.42. The number of nitrogen functional groups attached to an aromatic ring is 1. The largest absolute Gasteiger partial charge is 0.398 e. The van der Waals surface area contributed by atoms with Crippen molar-refractivity contribution in [2.24, 2.45) is 0 Å². The molecule has 2 rings (SSSR count). The Kier molecular flexibility index (Phi) is 3.97. The zero-order valence-corrected chi connectivity index (χ0v) is 11.5. The predicted molar refractivity (Wildman–Crippen MR) is 75.1 cm³/mol. The van der Waals surface area contributed by atoms with E-state index in [1.165, 1.54) is 0 Å². The van der Waals surface area contributed by atoms with Crippen LogP contribution in [0.15, 0.2) is 57.9 Å². The Labute approximate surface area is 111 Å². The zero-order valence-electron chi connectivity index (χ0n) is 9.10. The van der Waals surface area contributed by atoms with Gasteiger partial charge < -0.3 is 5.73 Å². The highest BCUT2D eigenvalue weighted by Crippen LogP contribution is 2.19. The molecule has 0 heterocycles. The molecule has 2 N–H and O–H groups in total. The van der Waals surface area contributed by atoms with Crippen molar-refractivity contribution in [3.63, 3.8) is 0 Å². The van der Waals surface area contributed by atoms with Gasteiger partial charge in [-0.25, -0.2) is 0 Å². The third-order valence-corrected chi connectivity index (χ3v) is 4.36. The number of halogens is 1. The van der Waals surface area contributed by atoms with E-state index in [1.807, 2.05) is 42.5 Å². The lowest BCUT2D eigenvalue weighted by Crippen LogP contribution is -2.00. The fourth-order valence-electron chi connectivity index (χ4n) is 1.50. The molecular weight excluding hydrogens is 298 g/mol. The number of nitrogens with two attached hydrogens (primary N) is 1. The van der Waals surface area contributed by atoms with Crippen LogP contribution in [-0.2, 0) is 16.6 Å². The van der Waals surface area contributed by atoms with Crippen molar-refractivity contribution in [3.8, 4) is 0 Å². The van der Waals surface area contributed by atoms with E-state index in [9.17, 15) is 4.21 Å². The van der Waals surface area contributed by atoms with E-state index in [1.54, 1.807) is 6.07 Å². The number of anilines is 1. The molecule has 88 valence electrons. The number of hydrogen-bond acceptors (Lipinski definition) is 2. The summed E-state index contributed by atoms with van der Waals surface area (Å²) in [5.74, 6) is 0.488. The molecule has 2 aromatic carbocycles. The van der Waals surface area contributed by atoms with E-state index in [2.05, 4.69) is 15.9 Å². The lowest BCUT2D eigenvalue weighted by atomic mass is 10.2. The Morgan fingerprint density at radius 2 is 1.71 bits per heavy atom. The second-order valence-electron chi connectivity index (χ2n) is 3.65. The second kappa shape index (κ2) is 5.47. The van der Waals surface area contributed by atoms with Crippen LogP contribution in [0, 0.1) is 0 Å². The molecule has 0 fully saturated rings. The standard InChI is InChI=1S/C13H12BrNOS/c14-11-7-5-10(6-8-11)9-17(16)13-4-2-1-3-12(13)15/h1-8H,9,15H2. The van der Waals surface area contributed by atoms with Crippen molar-refractivity contribution in [3.05, 3.63) is 58.6 Å². The Balaban J connectivity index is 2.17. The van der Waals surface area contributed by atoms with Crippen LogP contribution in [0.1, 0.15) is 5.56 Å². The van der Waals surface area contributed by atoms with Crippen LogP contribution in [0.3, 0.4) is 0 Å². The van der Waals surface area contributed by atoms with E-state index in [0.717, 1.165) is 10.0 Å². The first-order valence-electron chi connectivity index (χ1n) is 5.14. The average molecular weight is 310 g/mol. The van der Waals surface area contributed by atoms with Crippen molar-refractivity contribution in [2.75, 3.05) is 5.73 Å². The Hall–Kier alpha value is -1.13. The van der Waals surface area contributed by atoms with Crippen LogP contribution in [0.25, 0.3) is 0 Å². The van der Waals surface area contributed by atoms with Crippen LogP contribution < -0.4 is 5.73 Å². The highest BCUT2D eigenvalue weighted by molar-refractivity contribution is 9.10. The molecule has 0 spiro atoms. The van der Waals surface area contributed by atoms with Crippen LogP contribution >= 0.6 is 15.9 Å². The van der Waals surface area contributed by atoms with Gasteiger partial charge in [0.15, 0.2) is 0 Å². The van der Waals surface area contributed by atoms with Crippen molar-refractivity contribution in [1.82, 2.24) is 0 Å². The molecular formula is C13H12BrNOS. The van der Waals surface area contributed by atoms with Gasteiger partial charge in [0.05, 0.1) is 21.4 Å². The minimum atomic E-state index is -1.09. The molecule has 2 aromatic rings. The summed E-state index contributed by atoms with van der Waals surface area (Å²) in [6.45, 7) is 0. The lowest BCUT2D eigenvalue weighted by molar-refractivity contribution is 0.683. The van der Waals surface area contributed by atoms with E-state index < -0.39 is 10.8 Å². The van der Waals surface area contributed by atoms with Gasteiger partial charge in [-0.2, -0.15) is 0 Å². The fraction of sp³-hybridized carbons (Fsp3) is 0.0769. The highest BCUT2D eigenvalue weighted by atomic mass is 79.9. The maximum atomic E-state index is 12.1. The van der Waals surface area contributed by atoms with Gasteiger partial charge in [0.1, 0.15) is 0 Å². The van der Waals surface area contributed by atoms with Crippen LogP contribution in [0.5, 0.6) is 0 Å². The SMILES string of the molecule is Nc1ccccc1S(=O)Cc1ccc(Br)cc1. The smallest absolute Gasteiger partial charge is 0.0620 e. The summed E-state index contributed by atoms with van der Waals surface area (Å²) in [7, 11) is -1.09. The molecule has 0 saturated heterocycles. The Bertz CT molecular complexity index is 539. The first-order chi connectivity index (χ1) is 8.16. The van der Waals surface area contributed by atoms with Gasteiger partial charge in [-0.15, -0.1) is 0 Å². The molecule has 17 heavy (non-hydrogen) atoms. The molecule has 0 aliphatic heterocycles. The summed E-state index contributed by atoms with van der Waals surface area (Å²) in [4.78, 5) is 0.704. The summed E-state index contributed by atoms with van der Waals surface area (Å²) in [6, 6.07) is 15.1. The molecule has 0 aliphatic carbocycles. The van der Waals surface area contributed by atoms with Gasteiger partial charge in [-0.3, -0.25) is 4.21 Å². The monoisotopic (exact) mass is 309 g/mol. The summed E-state index contributed by atoms with van der Waals surface area (Å²) in [6.07, 6.45) is 0. The fourth-order valence-corrected chi connectivity index (χ4v) is 2.97. The van der Waals surface area contributed by atoms with E-state index in [4.69, 9.17) is 5.73 Å². The molecule has 0 amide bonds. The third kappa shape index (κ3) is 3.17. The van der Waals surface area contributed by atoms with Gasteiger partial charge in [0, 0.05) is 10.2 Å². The van der Waals surface area contributed by atoms with Crippen LogP contribution in [0.2, 0.25) is 0 Å². The minimum absolute atomic E-state index is 0.488. The number of hydrogen-bond donors (Lipinski definition) is 1. The van der Waals surface area contributed by atoms with Crippen LogP contribution in [0.4, 0.5) is 5.69 Å². The number of para-hydroxylation sites is 1. The Morgan fingerprint density at radius 3 is 2.35 bits per heavy atom. The maximum absolute atomic E-state index is 12.1. The van der Waals surface area contributed by atoms with Crippen LogP contribution in [-0.4, -0.2) is 4.21 Å². The first-order valence-corrected chi connectivity index (χ1v) is 7.25. The molecule has 1 unspecified atom stereocenters. The summed E-state index contributed by atoms with van der Waals surface area (Å²) in [5, 5.41) is 0. The molecule has 0 bridgehead atoms. The minimum Gasteiger partial charge on any atom is -0.398 e. The normalized spacial score (nSPS) is 12.3. The third-order valence-electron chi connectivity index (χ3n) is 2.38. The molecule has 2 nitrogen and oxygen atoms in total. The zero-order chi connectivity index (χ0) is 12.3. The van der Waals surface area contributed by atoms with E-state index >= 15 is 0 Å². The first kappa shape index (κ1) is 12.3. The van der Waals surface area contributed by atoms with Crippen molar-refractivity contribution >= 4 is 32.4 Å². The summed E-state index contributed by atoms with van der Waals surface area (Å²) >= 11 is 3.37. The van der Waals surface area contributed by atoms with E-state index in [-0.39, 0.29) is 0 Å². The Morgan fingerprint density at radius 1 is 1.06 bits per heavy atom. The molecule has 1 atom stereocenters. The number of rotatable bonds is 3. The van der Waals surface area contributed by atoms with Gasteiger partial charge in [0.25, 0.3) is 0 Å². The van der Waals surface area contributed by atoms with Gasteiger partial charge >= 0.3 is 0 Å². The molecule has 0 aliphatic rings. The average Bonchev–Trinajstić information content (AvgIpc) is 2.32. The summed E-state index contributed by atoms with van der Waals surface area (Å²) < 4.78 is 13.2. The predicted octanol–water partition coefficient (Wildman–Crippen LogP) is 3.34. The molecule has 4 heteroatoms. The quantitative estimate of drug-likeness (QED) is 0.884. The van der Waals surface area contributed by atoms with Gasteiger partial charge in [-0.05, 0) is 29.8 Å². The highest BCUT2D eigenvalue weighted by Gasteiger charge is 2.07.